The van der Waals surface area contributed by atoms with Gasteiger partial charge in [0.2, 0.25) is 0 Å². The highest BCUT2D eigenvalue weighted by Gasteiger charge is 2.34. The molecule has 1 aromatic heterocycles. The zero-order valence-corrected chi connectivity index (χ0v) is 17.9. The molecule has 0 atom stereocenters. The standard InChI is InChI=1S/C23H18ClN3O2S/c1-14-5-3-6-18(11-14)27-22(29)19(21(28)25-23(27)30)12-16-7-4-10-26(16)17-9-8-15(2)20(24)13-17/h3-13H,1-2H3,(H,25,28,30)/b19-12+. The van der Waals surface area contributed by atoms with Crippen LogP contribution in [0.2, 0.25) is 5.02 Å². The molecule has 1 saturated heterocycles. The first-order valence-corrected chi connectivity index (χ1v) is 10.1. The van der Waals surface area contributed by atoms with Gasteiger partial charge in [0.1, 0.15) is 5.57 Å². The Kier molecular flexibility index (Phi) is 5.28. The maximum Gasteiger partial charge on any atom is 0.270 e. The molecule has 0 radical (unpaired) electrons. The van der Waals surface area contributed by atoms with E-state index in [1.807, 2.05) is 73.1 Å². The molecular weight excluding hydrogens is 418 g/mol. The highest BCUT2D eigenvalue weighted by atomic mass is 35.5. The number of aryl methyl sites for hydroxylation is 2. The normalized spacial score (nSPS) is 15.6. The Hall–Kier alpha value is -3.22. The minimum Gasteiger partial charge on any atom is -0.317 e. The Morgan fingerprint density at radius 1 is 1.00 bits per heavy atom. The highest BCUT2D eigenvalue weighted by Crippen LogP contribution is 2.25. The SMILES string of the molecule is Cc1cccc(N2C(=O)/C(=C/c3cccn3-c3ccc(C)c(Cl)c3)C(=O)NC2=S)c1. The van der Waals surface area contributed by atoms with Crippen molar-refractivity contribution in [3.63, 3.8) is 0 Å². The van der Waals surface area contributed by atoms with Crippen molar-refractivity contribution in [3.05, 3.63) is 88.2 Å². The summed E-state index contributed by atoms with van der Waals surface area (Å²) < 4.78 is 1.86. The molecule has 2 heterocycles. The lowest BCUT2D eigenvalue weighted by Gasteiger charge is -2.29. The fourth-order valence-electron chi connectivity index (χ4n) is 3.29. The smallest absolute Gasteiger partial charge is 0.270 e. The number of hydrogen-bond donors (Lipinski definition) is 1. The minimum atomic E-state index is -0.524. The minimum absolute atomic E-state index is 0.00302. The van der Waals surface area contributed by atoms with E-state index in [0.717, 1.165) is 16.8 Å². The number of benzene rings is 2. The van der Waals surface area contributed by atoms with Gasteiger partial charge in [-0.1, -0.05) is 29.8 Å². The third kappa shape index (κ3) is 3.67. The van der Waals surface area contributed by atoms with Crippen molar-refractivity contribution in [1.29, 1.82) is 0 Å². The van der Waals surface area contributed by atoms with E-state index in [0.29, 0.717) is 16.4 Å². The molecule has 0 saturated carbocycles. The lowest BCUT2D eigenvalue weighted by molar-refractivity contribution is -0.122. The van der Waals surface area contributed by atoms with Crippen LogP contribution in [-0.2, 0) is 9.59 Å². The fourth-order valence-corrected chi connectivity index (χ4v) is 3.74. The topological polar surface area (TPSA) is 54.3 Å². The van der Waals surface area contributed by atoms with Gasteiger partial charge in [-0.15, -0.1) is 0 Å². The first-order chi connectivity index (χ1) is 14.3. The van der Waals surface area contributed by atoms with Gasteiger partial charge in [0.25, 0.3) is 11.8 Å². The van der Waals surface area contributed by atoms with Gasteiger partial charge in [0, 0.05) is 22.6 Å². The fraction of sp³-hybridized carbons (Fsp3) is 0.0870. The highest BCUT2D eigenvalue weighted by molar-refractivity contribution is 7.80. The molecule has 0 bridgehead atoms. The summed E-state index contributed by atoms with van der Waals surface area (Å²) in [4.78, 5) is 27.1. The molecule has 3 aromatic rings. The average molecular weight is 436 g/mol. The number of hydrogen-bond acceptors (Lipinski definition) is 3. The van der Waals surface area contributed by atoms with Crippen LogP contribution in [0.25, 0.3) is 11.8 Å². The van der Waals surface area contributed by atoms with Gasteiger partial charge in [-0.2, -0.15) is 0 Å². The van der Waals surface area contributed by atoms with E-state index in [1.54, 1.807) is 12.1 Å². The molecule has 0 aliphatic carbocycles. The van der Waals surface area contributed by atoms with Gasteiger partial charge in [-0.25, -0.2) is 0 Å². The predicted molar refractivity (Wildman–Crippen MR) is 123 cm³/mol. The lowest BCUT2D eigenvalue weighted by atomic mass is 10.1. The third-order valence-electron chi connectivity index (χ3n) is 4.87. The van der Waals surface area contributed by atoms with Gasteiger partial charge >= 0.3 is 0 Å². The number of thiocarbonyl (C=S) groups is 1. The van der Waals surface area contributed by atoms with Gasteiger partial charge in [0.15, 0.2) is 5.11 Å². The first-order valence-electron chi connectivity index (χ1n) is 9.27. The van der Waals surface area contributed by atoms with E-state index in [-0.39, 0.29) is 10.7 Å². The number of carbonyl (C=O) groups is 2. The van der Waals surface area contributed by atoms with Crippen molar-refractivity contribution in [1.82, 2.24) is 9.88 Å². The van der Waals surface area contributed by atoms with E-state index in [1.165, 1.54) is 4.90 Å². The van der Waals surface area contributed by atoms with Crippen LogP contribution in [0, 0.1) is 13.8 Å². The molecule has 2 amide bonds. The first kappa shape index (κ1) is 20.1. The van der Waals surface area contributed by atoms with Crippen molar-refractivity contribution >= 4 is 52.5 Å². The molecule has 2 aromatic carbocycles. The zero-order chi connectivity index (χ0) is 21.4. The van der Waals surface area contributed by atoms with Crippen LogP contribution in [0.15, 0.2) is 66.4 Å². The van der Waals surface area contributed by atoms with Gasteiger partial charge < -0.3 is 4.57 Å². The molecule has 1 fully saturated rings. The number of aromatic nitrogens is 1. The van der Waals surface area contributed by atoms with Crippen LogP contribution in [0.1, 0.15) is 16.8 Å². The summed E-state index contributed by atoms with van der Waals surface area (Å²) in [6.45, 7) is 3.86. The molecule has 30 heavy (non-hydrogen) atoms. The number of amides is 2. The largest absolute Gasteiger partial charge is 0.317 e. The second-order valence-corrected chi connectivity index (χ2v) is 7.83. The predicted octanol–water partition coefficient (Wildman–Crippen LogP) is 4.58. The molecular formula is C23H18ClN3O2S. The van der Waals surface area contributed by atoms with Crippen LogP contribution in [0.4, 0.5) is 5.69 Å². The zero-order valence-electron chi connectivity index (χ0n) is 16.3. The van der Waals surface area contributed by atoms with Crippen molar-refractivity contribution in [2.45, 2.75) is 13.8 Å². The molecule has 7 heteroatoms. The van der Waals surface area contributed by atoms with Crippen LogP contribution in [0.5, 0.6) is 0 Å². The number of anilines is 1. The van der Waals surface area contributed by atoms with E-state index in [9.17, 15) is 9.59 Å². The average Bonchev–Trinajstić information content (AvgIpc) is 3.15. The summed E-state index contributed by atoms with van der Waals surface area (Å²) >= 11 is 11.5. The Bertz CT molecular complexity index is 1230. The van der Waals surface area contributed by atoms with Gasteiger partial charge in [0.05, 0.1) is 5.69 Å². The number of nitrogens with one attached hydrogen (secondary N) is 1. The van der Waals surface area contributed by atoms with Crippen molar-refractivity contribution < 1.29 is 9.59 Å². The summed E-state index contributed by atoms with van der Waals surface area (Å²) in [5, 5.41) is 3.32. The second-order valence-electron chi connectivity index (χ2n) is 7.03. The molecule has 4 rings (SSSR count). The number of carbonyl (C=O) groups excluding carboxylic acids is 2. The number of nitrogens with zero attached hydrogens (tertiary/aromatic N) is 2. The molecule has 5 nitrogen and oxygen atoms in total. The number of halogens is 1. The molecule has 1 N–H and O–H groups in total. The van der Waals surface area contributed by atoms with Gasteiger partial charge in [-0.3, -0.25) is 19.8 Å². The van der Waals surface area contributed by atoms with Crippen LogP contribution < -0.4 is 10.2 Å². The summed E-state index contributed by atoms with van der Waals surface area (Å²) in [5.41, 5.74) is 4.06. The van der Waals surface area contributed by atoms with Crippen molar-refractivity contribution in [2.24, 2.45) is 0 Å². The van der Waals surface area contributed by atoms with Crippen LogP contribution in [0.3, 0.4) is 0 Å². The molecule has 1 aliphatic rings. The molecule has 0 unspecified atom stereocenters. The Morgan fingerprint density at radius 2 is 1.80 bits per heavy atom. The summed E-state index contributed by atoms with van der Waals surface area (Å²) in [6, 6.07) is 16.8. The van der Waals surface area contributed by atoms with Crippen LogP contribution in [-0.4, -0.2) is 21.5 Å². The van der Waals surface area contributed by atoms with Crippen molar-refractivity contribution in [2.75, 3.05) is 4.90 Å². The van der Waals surface area contributed by atoms with Gasteiger partial charge in [-0.05, 0) is 79.7 Å². The van der Waals surface area contributed by atoms with E-state index in [2.05, 4.69) is 5.32 Å². The third-order valence-corrected chi connectivity index (χ3v) is 5.56. The van der Waals surface area contributed by atoms with Crippen molar-refractivity contribution in [3.8, 4) is 5.69 Å². The Morgan fingerprint density at radius 3 is 2.53 bits per heavy atom. The van der Waals surface area contributed by atoms with Crippen LogP contribution >= 0.6 is 23.8 Å². The molecule has 0 spiro atoms. The number of rotatable bonds is 3. The monoisotopic (exact) mass is 435 g/mol. The maximum absolute atomic E-state index is 13.2. The quantitative estimate of drug-likeness (QED) is 0.372. The van der Waals surface area contributed by atoms with E-state index < -0.39 is 11.8 Å². The summed E-state index contributed by atoms with van der Waals surface area (Å²) in [7, 11) is 0. The molecule has 1 aliphatic heterocycles. The summed E-state index contributed by atoms with van der Waals surface area (Å²) in [6.07, 6.45) is 3.41. The Balaban J connectivity index is 1.76. The van der Waals surface area contributed by atoms with E-state index >= 15 is 0 Å². The summed E-state index contributed by atoms with van der Waals surface area (Å²) in [5.74, 6) is -0.993. The Labute approximate surface area is 184 Å². The van der Waals surface area contributed by atoms with E-state index in [4.69, 9.17) is 23.8 Å². The molecule has 150 valence electrons. The lowest BCUT2D eigenvalue weighted by Crippen LogP contribution is -2.54. The second kappa shape index (κ2) is 7.89. The maximum atomic E-state index is 13.2.